The molecule has 1 atom stereocenters. The van der Waals surface area contributed by atoms with Crippen molar-refractivity contribution in [2.75, 3.05) is 10.6 Å². The highest BCUT2D eigenvalue weighted by atomic mass is 32.2. The molecule has 1 saturated heterocycles. The number of thioether (sulfide) groups is 1. The van der Waals surface area contributed by atoms with E-state index < -0.39 is 5.25 Å². The topological polar surface area (TPSA) is 63.4 Å². The summed E-state index contributed by atoms with van der Waals surface area (Å²) in [5.74, 6) is -0.362. The summed E-state index contributed by atoms with van der Waals surface area (Å²) in [5.41, 5.74) is 9.17. The van der Waals surface area contributed by atoms with Gasteiger partial charge in [-0.25, -0.2) is 4.90 Å². The van der Waals surface area contributed by atoms with E-state index in [4.69, 9.17) is 5.73 Å². The molecule has 1 fully saturated rings. The fraction of sp³-hybridized carbons (Fsp3) is 0.0833. The molecule has 4 rings (SSSR count). The third-order valence-electron chi connectivity index (χ3n) is 4.66. The van der Waals surface area contributed by atoms with Crippen molar-refractivity contribution in [3.8, 4) is 0 Å². The van der Waals surface area contributed by atoms with Crippen LogP contribution in [0.1, 0.15) is 17.5 Å². The van der Waals surface area contributed by atoms with E-state index in [1.165, 1.54) is 16.7 Å². The monoisotopic (exact) mass is 400 g/mol. The average molecular weight is 401 g/mol. The standard InChI is InChI=1S/C24H20N2O2S/c25-19-7-4-8-21(15-19)29-22-16-23(27)26(24(22)28)20-13-11-18(12-14-20)10-9-17-5-2-1-3-6-17/h1-15,22H,16,25H2/b10-9+. The van der Waals surface area contributed by atoms with Crippen LogP contribution < -0.4 is 10.6 Å². The first-order valence-electron chi connectivity index (χ1n) is 9.32. The van der Waals surface area contributed by atoms with Crippen LogP contribution >= 0.6 is 11.8 Å². The van der Waals surface area contributed by atoms with Crippen molar-refractivity contribution >= 4 is 47.1 Å². The lowest BCUT2D eigenvalue weighted by molar-refractivity contribution is -0.121. The Balaban J connectivity index is 1.47. The van der Waals surface area contributed by atoms with Crippen LogP contribution in [-0.2, 0) is 9.59 Å². The van der Waals surface area contributed by atoms with E-state index in [1.807, 2.05) is 84.9 Å². The van der Waals surface area contributed by atoms with E-state index in [0.717, 1.165) is 16.0 Å². The number of nitrogens with two attached hydrogens (primary N) is 1. The molecule has 0 spiro atoms. The minimum Gasteiger partial charge on any atom is -0.399 e. The van der Waals surface area contributed by atoms with Crippen LogP contribution in [0.5, 0.6) is 0 Å². The van der Waals surface area contributed by atoms with Crippen molar-refractivity contribution in [1.82, 2.24) is 0 Å². The van der Waals surface area contributed by atoms with E-state index in [2.05, 4.69) is 0 Å². The Morgan fingerprint density at radius 3 is 2.24 bits per heavy atom. The molecule has 1 aliphatic rings. The molecule has 2 amide bonds. The largest absolute Gasteiger partial charge is 0.399 e. The molecular weight excluding hydrogens is 380 g/mol. The predicted octanol–water partition coefficient (Wildman–Crippen LogP) is 4.86. The Kier molecular flexibility index (Phi) is 5.49. The molecule has 3 aromatic carbocycles. The maximum atomic E-state index is 12.8. The molecule has 1 unspecified atom stereocenters. The molecule has 0 radical (unpaired) electrons. The summed E-state index contributed by atoms with van der Waals surface area (Å²) in [6.45, 7) is 0. The summed E-state index contributed by atoms with van der Waals surface area (Å²) < 4.78 is 0. The normalized spacial score (nSPS) is 16.7. The van der Waals surface area contributed by atoms with E-state index in [0.29, 0.717) is 11.4 Å². The quantitative estimate of drug-likeness (QED) is 0.377. The molecule has 4 nitrogen and oxygen atoms in total. The van der Waals surface area contributed by atoms with Crippen LogP contribution in [0, 0.1) is 0 Å². The summed E-state index contributed by atoms with van der Waals surface area (Å²) in [5, 5.41) is -0.429. The van der Waals surface area contributed by atoms with Crippen molar-refractivity contribution < 1.29 is 9.59 Å². The van der Waals surface area contributed by atoms with Gasteiger partial charge in [0.1, 0.15) is 0 Å². The fourth-order valence-corrected chi connectivity index (χ4v) is 4.33. The molecule has 1 heterocycles. The number of rotatable bonds is 5. The van der Waals surface area contributed by atoms with Crippen LogP contribution in [0.3, 0.4) is 0 Å². The maximum Gasteiger partial charge on any atom is 0.247 e. The van der Waals surface area contributed by atoms with Gasteiger partial charge < -0.3 is 5.73 Å². The maximum absolute atomic E-state index is 12.8. The summed E-state index contributed by atoms with van der Waals surface area (Å²) in [4.78, 5) is 27.5. The van der Waals surface area contributed by atoms with Gasteiger partial charge in [0.2, 0.25) is 11.8 Å². The van der Waals surface area contributed by atoms with E-state index >= 15 is 0 Å². The number of imide groups is 1. The second kappa shape index (κ2) is 8.37. The Morgan fingerprint density at radius 2 is 1.55 bits per heavy atom. The van der Waals surface area contributed by atoms with Gasteiger partial charge in [0, 0.05) is 17.0 Å². The highest BCUT2D eigenvalue weighted by Gasteiger charge is 2.40. The van der Waals surface area contributed by atoms with Crippen molar-refractivity contribution in [2.45, 2.75) is 16.6 Å². The lowest BCUT2D eigenvalue weighted by atomic mass is 10.1. The predicted molar refractivity (Wildman–Crippen MR) is 119 cm³/mol. The molecule has 144 valence electrons. The van der Waals surface area contributed by atoms with Crippen molar-refractivity contribution in [1.29, 1.82) is 0 Å². The highest BCUT2D eigenvalue weighted by molar-refractivity contribution is 8.00. The van der Waals surface area contributed by atoms with Gasteiger partial charge in [0.05, 0.1) is 10.9 Å². The number of benzene rings is 3. The summed E-state index contributed by atoms with van der Waals surface area (Å²) in [7, 11) is 0. The van der Waals surface area contributed by atoms with Crippen LogP contribution in [-0.4, -0.2) is 17.1 Å². The second-order valence-electron chi connectivity index (χ2n) is 6.79. The van der Waals surface area contributed by atoms with Gasteiger partial charge in [-0.05, 0) is 41.5 Å². The molecule has 29 heavy (non-hydrogen) atoms. The van der Waals surface area contributed by atoms with Gasteiger partial charge in [0.15, 0.2) is 0 Å². The third-order valence-corrected chi connectivity index (χ3v) is 5.84. The Morgan fingerprint density at radius 1 is 0.862 bits per heavy atom. The van der Waals surface area contributed by atoms with Gasteiger partial charge in [-0.1, -0.05) is 60.7 Å². The Hall–Kier alpha value is -3.31. The zero-order chi connectivity index (χ0) is 20.2. The second-order valence-corrected chi connectivity index (χ2v) is 8.06. The first kappa shape index (κ1) is 19.0. The smallest absolute Gasteiger partial charge is 0.247 e. The minimum atomic E-state index is -0.429. The lowest BCUT2D eigenvalue weighted by Crippen LogP contribution is -2.31. The molecule has 0 aliphatic carbocycles. The van der Waals surface area contributed by atoms with Crippen molar-refractivity contribution in [2.24, 2.45) is 0 Å². The number of amides is 2. The summed E-state index contributed by atoms with van der Waals surface area (Å²) in [6.07, 6.45) is 4.22. The minimum absolute atomic E-state index is 0.177. The van der Waals surface area contributed by atoms with E-state index in [9.17, 15) is 9.59 Å². The zero-order valence-electron chi connectivity index (χ0n) is 15.7. The van der Waals surface area contributed by atoms with Crippen molar-refractivity contribution in [3.05, 3.63) is 90.0 Å². The molecule has 3 aromatic rings. The van der Waals surface area contributed by atoms with Crippen LogP contribution in [0.4, 0.5) is 11.4 Å². The summed E-state index contributed by atoms with van der Waals surface area (Å²) >= 11 is 1.38. The molecule has 2 N–H and O–H groups in total. The zero-order valence-corrected chi connectivity index (χ0v) is 16.5. The molecular formula is C24H20N2O2S. The molecule has 0 aromatic heterocycles. The van der Waals surface area contributed by atoms with Gasteiger partial charge in [-0.15, -0.1) is 11.8 Å². The van der Waals surface area contributed by atoms with E-state index in [1.54, 1.807) is 6.07 Å². The molecule has 1 aliphatic heterocycles. The number of nitrogens with zero attached hydrogens (tertiary/aromatic N) is 1. The first-order valence-corrected chi connectivity index (χ1v) is 10.2. The van der Waals surface area contributed by atoms with Gasteiger partial charge >= 0.3 is 0 Å². The number of nitrogen functional groups attached to an aromatic ring is 1. The average Bonchev–Trinajstić information content (AvgIpc) is 3.01. The van der Waals surface area contributed by atoms with Crippen molar-refractivity contribution in [3.63, 3.8) is 0 Å². The van der Waals surface area contributed by atoms with Crippen LogP contribution in [0.25, 0.3) is 12.2 Å². The number of hydrogen-bond donors (Lipinski definition) is 1. The molecule has 0 saturated carbocycles. The number of hydrogen-bond acceptors (Lipinski definition) is 4. The number of anilines is 2. The van der Waals surface area contributed by atoms with Gasteiger partial charge in [-0.2, -0.15) is 0 Å². The Bertz CT molecular complexity index is 1060. The Labute approximate surface area is 174 Å². The van der Waals surface area contributed by atoms with E-state index in [-0.39, 0.29) is 18.2 Å². The van der Waals surface area contributed by atoms with Crippen LogP contribution in [0.2, 0.25) is 0 Å². The number of carbonyl (C=O) groups excluding carboxylic acids is 2. The first-order chi connectivity index (χ1) is 14.1. The number of carbonyl (C=O) groups is 2. The van der Waals surface area contributed by atoms with Gasteiger partial charge in [0.25, 0.3) is 0 Å². The SMILES string of the molecule is Nc1cccc(SC2CC(=O)N(c3ccc(/C=C/c4ccccc4)cc3)C2=O)c1. The third kappa shape index (κ3) is 4.41. The molecule has 5 heteroatoms. The highest BCUT2D eigenvalue weighted by Crippen LogP contribution is 2.34. The fourth-order valence-electron chi connectivity index (χ4n) is 3.21. The molecule has 0 bridgehead atoms. The summed E-state index contributed by atoms with van der Waals surface area (Å²) in [6, 6.07) is 24.8. The lowest BCUT2D eigenvalue weighted by Gasteiger charge is -2.15. The van der Waals surface area contributed by atoms with Crippen LogP contribution in [0.15, 0.2) is 83.8 Å². The van der Waals surface area contributed by atoms with Gasteiger partial charge in [-0.3, -0.25) is 9.59 Å².